The second kappa shape index (κ2) is 22.1. The van der Waals surface area contributed by atoms with Crippen LogP contribution in [-0.2, 0) is 46.5 Å². The normalized spacial score (nSPS) is 15.6. The Morgan fingerprint density at radius 2 is 1.08 bits per heavy atom. The molecule has 280 valence electrons. The van der Waals surface area contributed by atoms with E-state index in [1.807, 2.05) is 60.7 Å². The second-order valence-corrected chi connectivity index (χ2v) is 13.3. The Labute approximate surface area is 300 Å². The number of piperidine rings is 1. The van der Waals surface area contributed by atoms with Crippen molar-refractivity contribution in [3.8, 4) is 0 Å². The van der Waals surface area contributed by atoms with Gasteiger partial charge in [0.2, 0.25) is 0 Å². The monoisotopic (exact) mass is 711 g/mol. The van der Waals surface area contributed by atoms with Crippen LogP contribution in [0.4, 0.5) is 14.4 Å². The van der Waals surface area contributed by atoms with Crippen molar-refractivity contribution >= 4 is 30.2 Å². The lowest BCUT2D eigenvalue weighted by Gasteiger charge is -2.40. The highest BCUT2D eigenvalue weighted by Crippen LogP contribution is 2.28. The highest BCUT2D eigenvalue weighted by atomic mass is 16.6. The molecule has 1 saturated heterocycles. The number of carbonyl (C=O) groups is 5. The van der Waals surface area contributed by atoms with Gasteiger partial charge in [-0.2, -0.15) is 0 Å². The summed E-state index contributed by atoms with van der Waals surface area (Å²) in [6.07, 6.45) is 1.69. The van der Waals surface area contributed by atoms with E-state index in [9.17, 15) is 24.0 Å². The number of rotatable bonds is 18. The Morgan fingerprint density at radius 3 is 1.49 bits per heavy atom. The number of ether oxygens (including phenoxy) is 5. The predicted molar refractivity (Wildman–Crippen MR) is 188 cm³/mol. The van der Waals surface area contributed by atoms with Crippen LogP contribution >= 0.6 is 0 Å². The van der Waals surface area contributed by atoms with Crippen LogP contribution in [0.3, 0.4) is 0 Å². The fourth-order valence-electron chi connectivity index (χ4n) is 5.20. The van der Waals surface area contributed by atoms with Crippen LogP contribution < -0.4 is 10.6 Å². The lowest BCUT2D eigenvalue weighted by molar-refractivity contribution is -0.190. The maximum atomic E-state index is 13.3. The SMILES string of the molecule is CC(C)(C)OC(=O)N1C(OC(=O)CCCCCNC(=O)OCc2ccccc2)CCCC1OC(=O)CCCCCNC(=O)OCc1ccccc1. The first kappa shape index (κ1) is 40.6. The first-order valence-corrected chi connectivity index (χ1v) is 17.8. The molecule has 1 aliphatic heterocycles. The second-order valence-electron chi connectivity index (χ2n) is 13.3. The number of hydrogen-bond donors (Lipinski definition) is 2. The number of amides is 3. The molecular formula is C38H53N3O10. The van der Waals surface area contributed by atoms with Gasteiger partial charge in [-0.1, -0.05) is 73.5 Å². The van der Waals surface area contributed by atoms with Gasteiger partial charge in [0.05, 0.1) is 0 Å². The fraction of sp³-hybridized carbons (Fsp3) is 0.553. The molecule has 0 radical (unpaired) electrons. The molecule has 1 fully saturated rings. The summed E-state index contributed by atoms with van der Waals surface area (Å²) in [5, 5.41) is 5.40. The third kappa shape index (κ3) is 17.1. The molecular weight excluding hydrogens is 658 g/mol. The molecule has 51 heavy (non-hydrogen) atoms. The summed E-state index contributed by atoms with van der Waals surface area (Å²) in [5.74, 6) is -0.957. The quantitative estimate of drug-likeness (QED) is 0.0926. The van der Waals surface area contributed by atoms with E-state index in [0.29, 0.717) is 70.9 Å². The molecule has 3 amide bonds. The maximum Gasteiger partial charge on any atom is 0.416 e. The van der Waals surface area contributed by atoms with Crippen molar-refractivity contribution in [2.45, 2.75) is 123 Å². The molecule has 0 spiro atoms. The summed E-state index contributed by atoms with van der Waals surface area (Å²) < 4.78 is 27.4. The van der Waals surface area contributed by atoms with E-state index < -0.39 is 48.3 Å². The number of nitrogens with zero attached hydrogens (tertiary/aromatic N) is 1. The molecule has 2 N–H and O–H groups in total. The largest absolute Gasteiger partial charge is 0.445 e. The number of hydrogen-bond acceptors (Lipinski definition) is 10. The van der Waals surface area contributed by atoms with E-state index in [-0.39, 0.29) is 26.1 Å². The van der Waals surface area contributed by atoms with Gasteiger partial charge in [0.15, 0.2) is 12.5 Å². The Morgan fingerprint density at radius 1 is 0.647 bits per heavy atom. The summed E-state index contributed by atoms with van der Waals surface area (Å²) in [6.45, 7) is 6.38. The smallest absolute Gasteiger partial charge is 0.416 e. The van der Waals surface area contributed by atoms with Crippen LogP contribution in [0, 0.1) is 0 Å². The molecule has 2 atom stereocenters. The Balaban J connectivity index is 1.35. The first-order chi connectivity index (χ1) is 24.5. The van der Waals surface area contributed by atoms with Crippen molar-refractivity contribution in [2.24, 2.45) is 0 Å². The molecule has 2 aromatic carbocycles. The van der Waals surface area contributed by atoms with Crippen molar-refractivity contribution in [2.75, 3.05) is 13.1 Å². The highest BCUT2D eigenvalue weighted by molar-refractivity contribution is 5.73. The van der Waals surface area contributed by atoms with Gasteiger partial charge in [0.1, 0.15) is 18.8 Å². The highest BCUT2D eigenvalue weighted by Gasteiger charge is 2.41. The average molecular weight is 712 g/mol. The standard InChI is InChI=1S/C38H53N3O10/c1-38(2,3)51-37(46)41-31(49-33(42)23-12-6-14-25-39-35(44)47-27-29-17-8-4-9-18-29)21-16-22-32(41)50-34(43)24-13-7-15-26-40-36(45)48-28-30-19-10-5-11-20-30/h4-5,8-11,17-20,31-32H,6-7,12-16,21-28H2,1-3H3,(H,39,44)(H,40,45). The van der Waals surface area contributed by atoms with Crippen LogP contribution in [-0.4, -0.2) is 66.3 Å². The predicted octanol–water partition coefficient (Wildman–Crippen LogP) is 7.12. The molecule has 0 bridgehead atoms. The third-order valence-electron chi connectivity index (χ3n) is 7.74. The van der Waals surface area contributed by atoms with Crippen molar-refractivity contribution in [3.63, 3.8) is 0 Å². The van der Waals surface area contributed by atoms with E-state index >= 15 is 0 Å². The zero-order chi connectivity index (χ0) is 36.9. The minimum Gasteiger partial charge on any atom is -0.445 e. The van der Waals surface area contributed by atoms with Crippen molar-refractivity contribution in [3.05, 3.63) is 71.8 Å². The topological polar surface area (TPSA) is 159 Å². The number of nitrogens with one attached hydrogen (secondary N) is 2. The summed E-state index contributed by atoms with van der Waals surface area (Å²) in [7, 11) is 0. The van der Waals surface area contributed by atoms with Gasteiger partial charge in [0.25, 0.3) is 0 Å². The molecule has 0 aliphatic carbocycles. The lowest BCUT2D eigenvalue weighted by atomic mass is 10.1. The Hall–Kier alpha value is -4.81. The number of benzene rings is 2. The number of esters is 2. The lowest BCUT2D eigenvalue weighted by Crippen LogP contribution is -2.54. The molecule has 1 heterocycles. The van der Waals surface area contributed by atoms with Crippen LogP contribution in [0.15, 0.2) is 60.7 Å². The van der Waals surface area contributed by atoms with Gasteiger partial charge in [-0.25, -0.2) is 19.3 Å². The van der Waals surface area contributed by atoms with Gasteiger partial charge in [-0.15, -0.1) is 0 Å². The summed E-state index contributed by atoms with van der Waals surface area (Å²) >= 11 is 0. The molecule has 3 rings (SSSR count). The summed E-state index contributed by atoms with van der Waals surface area (Å²) in [6, 6.07) is 18.8. The van der Waals surface area contributed by atoms with E-state index in [4.69, 9.17) is 23.7 Å². The van der Waals surface area contributed by atoms with E-state index in [2.05, 4.69) is 10.6 Å². The molecule has 0 aromatic heterocycles. The van der Waals surface area contributed by atoms with Crippen LogP contribution in [0.2, 0.25) is 0 Å². The van der Waals surface area contributed by atoms with Crippen LogP contribution in [0.25, 0.3) is 0 Å². The molecule has 13 nitrogen and oxygen atoms in total. The van der Waals surface area contributed by atoms with Crippen LogP contribution in [0.5, 0.6) is 0 Å². The van der Waals surface area contributed by atoms with Gasteiger partial charge in [-0.3, -0.25) is 9.59 Å². The van der Waals surface area contributed by atoms with Gasteiger partial charge in [-0.05, 0) is 64.0 Å². The van der Waals surface area contributed by atoms with Crippen LogP contribution in [0.1, 0.15) is 103 Å². The molecule has 13 heteroatoms. The van der Waals surface area contributed by atoms with Crippen molar-refractivity contribution < 1.29 is 47.7 Å². The third-order valence-corrected chi connectivity index (χ3v) is 7.74. The van der Waals surface area contributed by atoms with E-state index in [1.165, 1.54) is 4.90 Å². The van der Waals surface area contributed by atoms with E-state index in [0.717, 1.165) is 11.1 Å². The molecule has 2 aromatic rings. The zero-order valence-corrected chi connectivity index (χ0v) is 30.1. The van der Waals surface area contributed by atoms with Crippen molar-refractivity contribution in [1.29, 1.82) is 0 Å². The molecule has 0 saturated carbocycles. The number of unbranched alkanes of at least 4 members (excludes halogenated alkanes) is 4. The Kier molecular flexibility index (Phi) is 17.6. The summed E-state index contributed by atoms with van der Waals surface area (Å²) in [4.78, 5) is 63.9. The maximum absolute atomic E-state index is 13.3. The Bertz CT molecular complexity index is 1280. The summed E-state index contributed by atoms with van der Waals surface area (Å²) in [5.41, 5.74) is 0.980. The minimum absolute atomic E-state index is 0.126. The van der Waals surface area contributed by atoms with Gasteiger partial charge in [0, 0.05) is 38.8 Å². The number of carbonyl (C=O) groups excluding carboxylic acids is 5. The number of alkyl carbamates (subject to hydrolysis) is 2. The fourth-order valence-corrected chi connectivity index (χ4v) is 5.20. The zero-order valence-electron chi connectivity index (χ0n) is 30.1. The van der Waals surface area contributed by atoms with Gasteiger partial charge >= 0.3 is 30.2 Å². The first-order valence-electron chi connectivity index (χ1n) is 17.8. The van der Waals surface area contributed by atoms with E-state index in [1.54, 1.807) is 20.8 Å². The number of likely N-dealkylation sites (tertiary alicyclic amines) is 1. The molecule has 2 unspecified atom stereocenters. The average Bonchev–Trinajstić information content (AvgIpc) is 3.09. The molecule has 1 aliphatic rings. The van der Waals surface area contributed by atoms with Gasteiger partial charge < -0.3 is 34.3 Å². The minimum atomic E-state index is -0.937. The van der Waals surface area contributed by atoms with Crippen molar-refractivity contribution in [1.82, 2.24) is 15.5 Å².